The number of methoxy groups -OCH3 is 1. The van der Waals surface area contributed by atoms with Crippen LogP contribution in [0, 0.1) is 25.2 Å². The Morgan fingerprint density at radius 3 is 2.62 bits per heavy atom. The molecule has 0 radical (unpaired) electrons. The van der Waals surface area contributed by atoms with Crippen molar-refractivity contribution < 1.29 is 4.74 Å². The second-order valence-corrected chi connectivity index (χ2v) is 5.02. The highest BCUT2D eigenvalue weighted by Crippen LogP contribution is 2.26. The standard InChI is InChI=1S/C17H21N3O/c1-5-20-12(2)8-15(13(20)3)11-19-16-7-6-14(10-18)9-17(16)21-4/h6-9,19H,5,11H2,1-4H3. The number of anilines is 1. The molecule has 0 aliphatic heterocycles. The molecular weight excluding hydrogens is 262 g/mol. The van der Waals surface area contributed by atoms with Gasteiger partial charge in [0.15, 0.2) is 0 Å². The van der Waals surface area contributed by atoms with Crippen molar-refractivity contribution in [3.8, 4) is 11.8 Å². The second-order valence-electron chi connectivity index (χ2n) is 5.02. The summed E-state index contributed by atoms with van der Waals surface area (Å²) in [5, 5.41) is 12.3. The fourth-order valence-corrected chi connectivity index (χ4v) is 2.64. The molecule has 0 fully saturated rings. The molecule has 0 bridgehead atoms. The van der Waals surface area contributed by atoms with Gasteiger partial charge in [-0.1, -0.05) is 0 Å². The zero-order valence-electron chi connectivity index (χ0n) is 13.0. The van der Waals surface area contributed by atoms with E-state index in [-0.39, 0.29) is 0 Å². The molecule has 2 aromatic rings. The van der Waals surface area contributed by atoms with Crippen molar-refractivity contribution in [2.75, 3.05) is 12.4 Å². The van der Waals surface area contributed by atoms with Crippen LogP contribution in [-0.4, -0.2) is 11.7 Å². The van der Waals surface area contributed by atoms with Crippen LogP contribution in [-0.2, 0) is 13.1 Å². The van der Waals surface area contributed by atoms with Crippen molar-refractivity contribution in [2.24, 2.45) is 0 Å². The van der Waals surface area contributed by atoms with Gasteiger partial charge in [0.05, 0.1) is 24.4 Å². The van der Waals surface area contributed by atoms with E-state index in [9.17, 15) is 0 Å². The Morgan fingerprint density at radius 1 is 1.29 bits per heavy atom. The van der Waals surface area contributed by atoms with Crippen LogP contribution < -0.4 is 10.1 Å². The summed E-state index contributed by atoms with van der Waals surface area (Å²) < 4.78 is 7.64. The van der Waals surface area contributed by atoms with E-state index in [0.717, 1.165) is 18.8 Å². The number of ether oxygens (including phenoxy) is 1. The summed E-state index contributed by atoms with van der Waals surface area (Å²) in [6.45, 7) is 8.15. The Hall–Kier alpha value is -2.41. The van der Waals surface area contributed by atoms with E-state index in [4.69, 9.17) is 10.00 Å². The molecule has 4 heteroatoms. The molecule has 0 spiro atoms. The number of nitrogens with one attached hydrogen (secondary N) is 1. The van der Waals surface area contributed by atoms with E-state index in [1.54, 1.807) is 19.2 Å². The molecule has 0 saturated carbocycles. The molecular formula is C17H21N3O. The average molecular weight is 283 g/mol. The van der Waals surface area contributed by atoms with Crippen LogP contribution >= 0.6 is 0 Å². The lowest BCUT2D eigenvalue weighted by atomic mass is 10.2. The third-order valence-corrected chi connectivity index (χ3v) is 3.79. The number of rotatable bonds is 5. The molecule has 0 amide bonds. The van der Waals surface area contributed by atoms with Crippen LogP contribution in [0.25, 0.3) is 0 Å². The Labute approximate surface area is 126 Å². The lowest BCUT2D eigenvalue weighted by Gasteiger charge is -2.12. The highest BCUT2D eigenvalue weighted by Gasteiger charge is 2.09. The zero-order valence-corrected chi connectivity index (χ0v) is 13.0. The number of aromatic nitrogens is 1. The normalized spacial score (nSPS) is 10.2. The Morgan fingerprint density at radius 2 is 2.05 bits per heavy atom. The maximum Gasteiger partial charge on any atom is 0.143 e. The number of hydrogen-bond acceptors (Lipinski definition) is 3. The Balaban J connectivity index is 2.19. The quantitative estimate of drug-likeness (QED) is 0.911. The van der Waals surface area contributed by atoms with Gasteiger partial charge in [-0.3, -0.25) is 0 Å². The number of aryl methyl sites for hydroxylation is 1. The van der Waals surface area contributed by atoms with Crippen LogP contribution in [0.2, 0.25) is 0 Å². The summed E-state index contributed by atoms with van der Waals surface area (Å²) in [5.41, 5.74) is 5.34. The summed E-state index contributed by atoms with van der Waals surface area (Å²) in [6, 6.07) is 9.75. The number of nitriles is 1. The summed E-state index contributed by atoms with van der Waals surface area (Å²) in [5.74, 6) is 0.693. The molecule has 1 aromatic carbocycles. The first-order valence-electron chi connectivity index (χ1n) is 7.08. The van der Waals surface area contributed by atoms with Gasteiger partial charge in [0, 0.05) is 30.5 Å². The van der Waals surface area contributed by atoms with Gasteiger partial charge < -0.3 is 14.6 Å². The summed E-state index contributed by atoms with van der Waals surface area (Å²) >= 11 is 0. The Bertz CT molecular complexity index is 680. The number of benzene rings is 1. The van der Waals surface area contributed by atoms with E-state index in [2.05, 4.69) is 42.8 Å². The fraction of sp³-hybridized carbons (Fsp3) is 0.353. The van der Waals surface area contributed by atoms with Crippen LogP contribution in [0.4, 0.5) is 5.69 Å². The minimum Gasteiger partial charge on any atom is -0.495 e. The summed E-state index contributed by atoms with van der Waals surface area (Å²) in [6.07, 6.45) is 0. The lowest BCUT2D eigenvalue weighted by Crippen LogP contribution is -2.04. The van der Waals surface area contributed by atoms with Gasteiger partial charge in [-0.2, -0.15) is 5.26 Å². The monoisotopic (exact) mass is 283 g/mol. The number of nitrogens with zero attached hydrogens (tertiary/aromatic N) is 2. The largest absolute Gasteiger partial charge is 0.495 e. The van der Waals surface area contributed by atoms with Gasteiger partial charge in [-0.25, -0.2) is 0 Å². The topological polar surface area (TPSA) is 50.0 Å². The van der Waals surface area contributed by atoms with Gasteiger partial charge in [-0.15, -0.1) is 0 Å². The van der Waals surface area contributed by atoms with Crippen LogP contribution in [0.1, 0.15) is 29.4 Å². The van der Waals surface area contributed by atoms with Gasteiger partial charge in [-0.05, 0) is 44.5 Å². The van der Waals surface area contributed by atoms with Crippen molar-refractivity contribution in [2.45, 2.75) is 33.9 Å². The zero-order chi connectivity index (χ0) is 15.4. The molecule has 0 saturated heterocycles. The van der Waals surface area contributed by atoms with Gasteiger partial charge in [0.25, 0.3) is 0 Å². The highest BCUT2D eigenvalue weighted by molar-refractivity contribution is 5.59. The van der Waals surface area contributed by atoms with Gasteiger partial charge in [0.2, 0.25) is 0 Å². The van der Waals surface area contributed by atoms with E-state index in [1.165, 1.54) is 17.0 Å². The third kappa shape index (κ3) is 3.03. The first kappa shape index (κ1) is 15.0. The van der Waals surface area contributed by atoms with Crippen molar-refractivity contribution in [3.63, 3.8) is 0 Å². The molecule has 110 valence electrons. The Kier molecular flexibility index (Phi) is 4.54. The molecule has 21 heavy (non-hydrogen) atoms. The van der Waals surface area contributed by atoms with E-state index < -0.39 is 0 Å². The van der Waals surface area contributed by atoms with Crippen molar-refractivity contribution in [1.29, 1.82) is 5.26 Å². The third-order valence-electron chi connectivity index (χ3n) is 3.79. The smallest absolute Gasteiger partial charge is 0.143 e. The summed E-state index contributed by atoms with van der Waals surface area (Å²) in [4.78, 5) is 0. The molecule has 2 rings (SSSR count). The minimum absolute atomic E-state index is 0.599. The number of hydrogen-bond donors (Lipinski definition) is 1. The van der Waals surface area contributed by atoms with E-state index in [1.807, 2.05) is 6.07 Å². The van der Waals surface area contributed by atoms with Crippen molar-refractivity contribution >= 4 is 5.69 Å². The maximum absolute atomic E-state index is 8.92. The van der Waals surface area contributed by atoms with Crippen molar-refractivity contribution in [1.82, 2.24) is 4.57 Å². The van der Waals surface area contributed by atoms with Crippen LogP contribution in [0.5, 0.6) is 5.75 Å². The maximum atomic E-state index is 8.92. The second kappa shape index (κ2) is 6.36. The molecule has 1 aromatic heterocycles. The highest BCUT2D eigenvalue weighted by atomic mass is 16.5. The van der Waals surface area contributed by atoms with Crippen molar-refractivity contribution in [3.05, 3.63) is 46.8 Å². The predicted octanol–water partition coefficient (Wildman–Crippen LogP) is 3.62. The molecule has 1 N–H and O–H groups in total. The molecule has 0 aliphatic rings. The van der Waals surface area contributed by atoms with Crippen LogP contribution in [0.15, 0.2) is 24.3 Å². The first-order valence-corrected chi connectivity index (χ1v) is 7.08. The minimum atomic E-state index is 0.599. The molecule has 0 unspecified atom stereocenters. The fourth-order valence-electron chi connectivity index (χ4n) is 2.64. The molecule has 0 aliphatic carbocycles. The SMILES string of the molecule is CCn1c(C)cc(CNc2ccc(C#N)cc2OC)c1C. The van der Waals surface area contributed by atoms with E-state index in [0.29, 0.717) is 11.3 Å². The molecule has 4 nitrogen and oxygen atoms in total. The molecule has 1 heterocycles. The predicted molar refractivity (Wildman–Crippen MR) is 84.6 cm³/mol. The van der Waals surface area contributed by atoms with Gasteiger partial charge >= 0.3 is 0 Å². The molecule has 0 atom stereocenters. The first-order chi connectivity index (χ1) is 10.1. The van der Waals surface area contributed by atoms with E-state index >= 15 is 0 Å². The van der Waals surface area contributed by atoms with Gasteiger partial charge in [0.1, 0.15) is 5.75 Å². The summed E-state index contributed by atoms with van der Waals surface area (Å²) in [7, 11) is 1.62. The lowest BCUT2D eigenvalue weighted by molar-refractivity contribution is 0.416. The van der Waals surface area contributed by atoms with Crippen LogP contribution in [0.3, 0.4) is 0 Å². The average Bonchev–Trinajstić information content (AvgIpc) is 2.78.